The average Bonchev–Trinajstić information content (AvgIpc) is 2.71. The number of aromatic amines is 1. The third-order valence-electron chi connectivity index (χ3n) is 2.41. The Labute approximate surface area is 101 Å². The fourth-order valence-electron chi connectivity index (χ4n) is 1.36. The van der Waals surface area contributed by atoms with E-state index in [4.69, 9.17) is 4.74 Å². The summed E-state index contributed by atoms with van der Waals surface area (Å²) in [6.07, 6.45) is 2.27. The summed E-state index contributed by atoms with van der Waals surface area (Å²) in [5.74, 6) is 0.0402. The molecule has 17 heavy (non-hydrogen) atoms. The van der Waals surface area contributed by atoms with Gasteiger partial charge in [-0.05, 0) is 6.92 Å². The Kier molecular flexibility index (Phi) is 6.27. The highest BCUT2D eigenvalue weighted by atomic mass is 16.5. The second kappa shape index (κ2) is 7.81. The van der Waals surface area contributed by atoms with Gasteiger partial charge in [0.25, 0.3) is 0 Å². The summed E-state index contributed by atoms with van der Waals surface area (Å²) < 4.78 is 4.84. The zero-order valence-electron chi connectivity index (χ0n) is 10.4. The number of hydrogen-bond acceptors (Lipinski definition) is 4. The van der Waals surface area contributed by atoms with Gasteiger partial charge in [-0.25, -0.2) is 0 Å². The van der Waals surface area contributed by atoms with Crippen LogP contribution in [0.5, 0.6) is 0 Å². The Morgan fingerprint density at radius 1 is 1.53 bits per heavy atom. The molecule has 1 rings (SSSR count). The Balaban J connectivity index is 2.04. The van der Waals surface area contributed by atoms with Crippen LogP contribution in [0.2, 0.25) is 0 Å². The summed E-state index contributed by atoms with van der Waals surface area (Å²) in [6.45, 7) is 4.47. The van der Waals surface area contributed by atoms with Crippen molar-refractivity contribution in [2.45, 2.75) is 19.9 Å². The van der Waals surface area contributed by atoms with Crippen molar-refractivity contribution in [2.75, 3.05) is 26.8 Å². The van der Waals surface area contributed by atoms with Gasteiger partial charge in [0.15, 0.2) is 0 Å². The number of amides is 1. The highest BCUT2D eigenvalue weighted by molar-refractivity contribution is 5.75. The Morgan fingerprint density at radius 2 is 2.35 bits per heavy atom. The van der Waals surface area contributed by atoms with Crippen molar-refractivity contribution in [2.24, 2.45) is 0 Å². The molecular weight excluding hydrogens is 220 g/mol. The van der Waals surface area contributed by atoms with Gasteiger partial charge in [0.2, 0.25) is 5.91 Å². The van der Waals surface area contributed by atoms with Crippen LogP contribution in [-0.2, 0) is 16.1 Å². The molecule has 0 saturated heterocycles. The van der Waals surface area contributed by atoms with Crippen LogP contribution in [0.15, 0.2) is 6.20 Å². The predicted octanol–water partition coefficient (Wildman–Crippen LogP) is -0.0396. The third kappa shape index (κ3) is 5.46. The van der Waals surface area contributed by atoms with Crippen LogP contribution in [-0.4, -0.2) is 42.9 Å². The minimum atomic E-state index is 0.0402. The SMILES string of the molecule is COCCNC(=O)CCNCc1cn[nH]c1C. The molecule has 0 radical (unpaired) electrons. The van der Waals surface area contributed by atoms with Crippen molar-refractivity contribution in [3.8, 4) is 0 Å². The molecule has 0 fully saturated rings. The van der Waals surface area contributed by atoms with Crippen molar-refractivity contribution < 1.29 is 9.53 Å². The van der Waals surface area contributed by atoms with Crippen LogP contribution >= 0.6 is 0 Å². The molecule has 0 aliphatic rings. The van der Waals surface area contributed by atoms with E-state index in [1.54, 1.807) is 13.3 Å². The number of hydrogen-bond donors (Lipinski definition) is 3. The van der Waals surface area contributed by atoms with E-state index in [-0.39, 0.29) is 5.91 Å². The second-order valence-corrected chi connectivity index (χ2v) is 3.79. The summed E-state index contributed by atoms with van der Waals surface area (Å²) in [5.41, 5.74) is 2.19. The fourth-order valence-corrected chi connectivity index (χ4v) is 1.36. The highest BCUT2D eigenvalue weighted by Gasteiger charge is 2.02. The summed E-state index contributed by atoms with van der Waals surface area (Å²) in [7, 11) is 1.61. The number of aromatic nitrogens is 2. The zero-order valence-corrected chi connectivity index (χ0v) is 10.4. The van der Waals surface area contributed by atoms with Gasteiger partial charge in [0.05, 0.1) is 12.8 Å². The van der Waals surface area contributed by atoms with E-state index in [2.05, 4.69) is 20.8 Å². The van der Waals surface area contributed by atoms with E-state index < -0.39 is 0 Å². The summed E-state index contributed by atoms with van der Waals surface area (Å²) in [6, 6.07) is 0. The molecule has 0 spiro atoms. The van der Waals surface area contributed by atoms with Crippen molar-refractivity contribution in [1.29, 1.82) is 0 Å². The van der Waals surface area contributed by atoms with Gasteiger partial charge in [-0.3, -0.25) is 9.89 Å². The van der Waals surface area contributed by atoms with E-state index >= 15 is 0 Å². The number of carbonyl (C=O) groups is 1. The molecule has 1 amide bonds. The largest absolute Gasteiger partial charge is 0.383 e. The molecule has 1 heterocycles. The topological polar surface area (TPSA) is 79.0 Å². The molecular formula is C11H20N4O2. The van der Waals surface area contributed by atoms with Crippen LogP contribution in [0.3, 0.4) is 0 Å². The number of methoxy groups -OCH3 is 1. The molecule has 6 heteroatoms. The Morgan fingerprint density at radius 3 is 3.00 bits per heavy atom. The van der Waals surface area contributed by atoms with Crippen molar-refractivity contribution in [3.05, 3.63) is 17.5 Å². The summed E-state index contributed by atoms with van der Waals surface area (Å²) in [5, 5.41) is 12.8. The number of H-pyrrole nitrogens is 1. The molecule has 1 aromatic heterocycles. The first-order chi connectivity index (χ1) is 8.24. The number of nitrogens with one attached hydrogen (secondary N) is 3. The zero-order chi connectivity index (χ0) is 12.5. The molecule has 6 nitrogen and oxygen atoms in total. The summed E-state index contributed by atoms with van der Waals surface area (Å²) in [4.78, 5) is 11.3. The lowest BCUT2D eigenvalue weighted by atomic mass is 10.2. The minimum absolute atomic E-state index is 0.0402. The van der Waals surface area contributed by atoms with Gasteiger partial charge < -0.3 is 15.4 Å². The van der Waals surface area contributed by atoms with Crippen LogP contribution in [0.1, 0.15) is 17.7 Å². The fraction of sp³-hybridized carbons (Fsp3) is 0.636. The normalized spacial score (nSPS) is 10.5. The lowest BCUT2D eigenvalue weighted by molar-refractivity contribution is -0.121. The number of nitrogens with zero attached hydrogens (tertiary/aromatic N) is 1. The van der Waals surface area contributed by atoms with Gasteiger partial charge >= 0.3 is 0 Å². The Bertz CT molecular complexity index is 338. The molecule has 0 aliphatic carbocycles. The van der Waals surface area contributed by atoms with Crippen molar-refractivity contribution >= 4 is 5.91 Å². The molecule has 0 bridgehead atoms. The molecule has 96 valence electrons. The lowest BCUT2D eigenvalue weighted by Gasteiger charge is -2.05. The summed E-state index contributed by atoms with van der Waals surface area (Å²) >= 11 is 0. The predicted molar refractivity (Wildman–Crippen MR) is 64.5 cm³/mol. The molecule has 3 N–H and O–H groups in total. The lowest BCUT2D eigenvalue weighted by Crippen LogP contribution is -2.29. The van der Waals surface area contributed by atoms with Gasteiger partial charge in [0.1, 0.15) is 0 Å². The van der Waals surface area contributed by atoms with Gasteiger partial charge in [-0.1, -0.05) is 0 Å². The van der Waals surface area contributed by atoms with Gasteiger partial charge in [0, 0.05) is 44.4 Å². The molecule has 0 unspecified atom stereocenters. The average molecular weight is 240 g/mol. The maximum atomic E-state index is 11.3. The van der Waals surface area contributed by atoms with E-state index in [1.165, 1.54) is 0 Å². The Hall–Kier alpha value is -1.40. The van der Waals surface area contributed by atoms with Crippen LogP contribution in [0, 0.1) is 6.92 Å². The van der Waals surface area contributed by atoms with E-state index in [1.807, 2.05) is 6.92 Å². The maximum absolute atomic E-state index is 11.3. The smallest absolute Gasteiger partial charge is 0.221 e. The minimum Gasteiger partial charge on any atom is -0.383 e. The van der Waals surface area contributed by atoms with Crippen LogP contribution in [0.4, 0.5) is 0 Å². The molecule has 1 aromatic rings. The first-order valence-electron chi connectivity index (χ1n) is 5.69. The number of aryl methyl sites for hydroxylation is 1. The molecule has 0 saturated carbocycles. The quantitative estimate of drug-likeness (QED) is 0.557. The standard InChI is InChI=1S/C11H20N4O2/c1-9-10(8-14-15-9)7-12-4-3-11(16)13-5-6-17-2/h8,12H,3-7H2,1-2H3,(H,13,16)(H,14,15). The number of rotatable bonds is 8. The number of ether oxygens (including phenoxy) is 1. The highest BCUT2D eigenvalue weighted by Crippen LogP contribution is 2.00. The van der Waals surface area contributed by atoms with Crippen molar-refractivity contribution in [3.63, 3.8) is 0 Å². The monoisotopic (exact) mass is 240 g/mol. The third-order valence-corrected chi connectivity index (χ3v) is 2.41. The van der Waals surface area contributed by atoms with Crippen molar-refractivity contribution in [1.82, 2.24) is 20.8 Å². The maximum Gasteiger partial charge on any atom is 0.221 e. The van der Waals surface area contributed by atoms with E-state index in [0.29, 0.717) is 26.1 Å². The van der Waals surface area contributed by atoms with E-state index in [9.17, 15) is 4.79 Å². The first kappa shape index (κ1) is 13.7. The number of carbonyl (C=O) groups excluding carboxylic acids is 1. The second-order valence-electron chi connectivity index (χ2n) is 3.79. The van der Waals surface area contributed by atoms with Gasteiger partial charge in [-0.15, -0.1) is 0 Å². The van der Waals surface area contributed by atoms with Crippen LogP contribution < -0.4 is 10.6 Å². The molecule has 0 aromatic carbocycles. The molecule has 0 aliphatic heterocycles. The van der Waals surface area contributed by atoms with Gasteiger partial charge in [-0.2, -0.15) is 5.10 Å². The van der Waals surface area contributed by atoms with Crippen LogP contribution in [0.25, 0.3) is 0 Å². The van der Waals surface area contributed by atoms with E-state index in [0.717, 1.165) is 17.8 Å². The first-order valence-corrected chi connectivity index (χ1v) is 5.69. The molecule has 0 atom stereocenters.